The lowest BCUT2D eigenvalue weighted by molar-refractivity contribution is 0.196. The Morgan fingerprint density at radius 3 is 2.67 bits per heavy atom. The van der Waals surface area contributed by atoms with Crippen LogP contribution in [0.25, 0.3) is 22.6 Å². The number of fused-ring (bicyclic) bond motifs is 3. The average molecular weight is 557 g/mol. The number of aromatic nitrogens is 3. The van der Waals surface area contributed by atoms with Crippen molar-refractivity contribution >= 4 is 33.4 Å². The summed E-state index contributed by atoms with van der Waals surface area (Å²) in [6.07, 6.45) is -0.583. The minimum atomic E-state index is -0.583. The summed E-state index contributed by atoms with van der Waals surface area (Å²) in [4.78, 5) is 4.74. The Labute approximate surface area is 221 Å². The third kappa shape index (κ3) is 4.74. The molecular formula is C28H21BrN4O2S. The summed E-state index contributed by atoms with van der Waals surface area (Å²) in [5.74, 6) is 2.55. The van der Waals surface area contributed by atoms with E-state index >= 15 is 0 Å². The molecule has 36 heavy (non-hydrogen) atoms. The maximum atomic E-state index is 6.37. The second-order valence-corrected chi connectivity index (χ2v) is 10.3. The number of furan rings is 1. The Balaban J connectivity index is 1.32. The average Bonchev–Trinajstić information content (AvgIpc) is 3.33. The molecule has 2 aromatic heterocycles. The second-order valence-electron chi connectivity index (χ2n) is 8.42. The SMILES string of the molecule is Cc1ccc(CSc2nnc3c(n2)OC(c2ccc(-c4cccc(Br)c4)o2)Nc2ccccc2-3)cc1. The zero-order valence-corrected chi connectivity index (χ0v) is 21.7. The fourth-order valence-corrected chi connectivity index (χ4v) is 5.09. The second kappa shape index (κ2) is 9.79. The summed E-state index contributed by atoms with van der Waals surface area (Å²) in [5, 5.41) is 12.9. The molecule has 6 rings (SSSR count). The van der Waals surface area contributed by atoms with Crippen molar-refractivity contribution in [1.82, 2.24) is 15.2 Å². The number of nitrogens with zero attached hydrogens (tertiary/aromatic N) is 3. The van der Waals surface area contributed by atoms with Crippen LogP contribution in [0, 0.1) is 6.92 Å². The highest BCUT2D eigenvalue weighted by molar-refractivity contribution is 9.10. The first kappa shape index (κ1) is 22.8. The maximum Gasteiger partial charge on any atom is 0.247 e. The fourth-order valence-electron chi connectivity index (χ4n) is 3.96. The number of para-hydroxylation sites is 1. The van der Waals surface area contributed by atoms with Crippen molar-refractivity contribution in [2.45, 2.75) is 24.1 Å². The number of halogens is 1. The number of anilines is 1. The minimum absolute atomic E-state index is 0.416. The van der Waals surface area contributed by atoms with Crippen LogP contribution < -0.4 is 10.1 Å². The molecule has 0 saturated carbocycles. The van der Waals surface area contributed by atoms with Gasteiger partial charge >= 0.3 is 0 Å². The summed E-state index contributed by atoms with van der Waals surface area (Å²) in [6.45, 7) is 2.08. The summed E-state index contributed by atoms with van der Waals surface area (Å²) in [7, 11) is 0. The molecule has 0 spiro atoms. The van der Waals surface area contributed by atoms with E-state index in [4.69, 9.17) is 14.1 Å². The van der Waals surface area contributed by atoms with E-state index in [-0.39, 0.29) is 0 Å². The molecule has 0 fully saturated rings. The number of benzene rings is 3. The number of rotatable bonds is 5. The normalized spacial score (nSPS) is 14.2. The number of thioether (sulfide) groups is 1. The van der Waals surface area contributed by atoms with Gasteiger partial charge in [0.05, 0.1) is 0 Å². The summed E-state index contributed by atoms with van der Waals surface area (Å²) < 4.78 is 13.6. The van der Waals surface area contributed by atoms with Gasteiger partial charge in [-0.25, -0.2) is 0 Å². The highest BCUT2D eigenvalue weighted by Gasteiger charge is 2.28. The van der Waals surface area contributed by atoms with Crippen LogP contribution in [-0.4, -0.2) is 15.2 Å². The van der Waals surface area contributed by atoms with Gasteiger partial charge in [0, 0.05) is 27.0 Å². The van der Waals surface area contributed by atoms with Gasteiger partial charge in [-0.2, -0.15) is 4.98 Å². The highest BCUT2D eigenvalue weighted by Crippen LogP contribution is 2.40. The Morgan fingerprint density at radius 2 is 1.81 bits per heavy atom. The standard InChI is InChI=1S/C28H21BrN4O2S/c1-17-9-11-18(12-10-17)16-36-28-31-27-25(32-33-28)21-7-2-3-8-22(21)30-26(35-27)24-14-13-23(34-24)19-5-4-6-20(29)15-19/h2-15,26,30H,16H2,1H3. The maximum absolute atomic E-state index is 6.37. The van der Waals surface area contributed by atoms with Gasteiger partial charge in [-0.1, -0.05) is 87.9 Å². The molecule has 8 heteroatoms. The Hall–Kier alpha value is -3.62. The van der Waals surface area contributed by atoms with Gasteiger partial charge in [-0.05, 0) is 42.8 Å². The highest BCUT2D eigenvalue weighted by atomic mass is 79.9. The lowest BCUT2D eigenvalue weighted by Gasteiger charge is -2.16. The van der Waals surface area contributed by atoms with Gasteiger partial charge < -0.3 is 14.5 Å². The van der Waals surface area contributed by atoms with Crippen molar-refractivity contribution in [1.29, 1.82) is 0 Å². The molecule has 1 aliphatic rings. The molecule has 178 valence electrons. The van der Waals surface area contributed by atoms with E-state index in [0.717, 1.165) is 32.8 Å². The number of hydrogen-bond acceptors (Lipinski definition) is 7. The van der Waals surface area contributed by atoms with E-state index in [1.54, 1.807) is 0 Å². The van der Waals surface area contributed by atoms with Crippen molar-refractivity contribution < 1.29 is 9.15 Å². The lowest BCUT2D eigenvalue weighted by Crippen LogP contribution is -2.16. The Kier molecular flexibility index (Phi) is 6.21. The molecule has 1 atom stereocenters. The number of aryl methyl sites for hydroxylation is 1. The molecule has 3 aromatic carbocycles. The first-order valence-corrected chi connectivity index (χ1v) is 13.2. The van der Waals surface area contributed by atoms with Gasteiger partial charge in [0.15, 0.2) is 11.5 Å². The zero-order chi connectivity index (χ0) is 24.5. The molecule has 1 unspecified atom stereocenters. The van der Waals surface area contributed by atoms with Crippen LogP contribution in [0.4, 0.5) is 5.69 Å². The molecule has 3 heterocycles. The predicted molar refractivity (Wildman–Crippen MR) is 145 cm³/mol. The Morgan fingerprint density at radius 1 is 0.944 bits per heavy atom. The van der Waals surface area contributed by atoms with Crippen LogP contribution in [-0.2, 0) is 5.75 Å². The topological polar surface area (TPSA) is 73.1 Å². The Bertz CT molecular complexity index is 1540. The van der Waals surface area contributed by atoms with Gasteiger partial charge in [0.2, 0.25) is 17.3 Å². The van der Waals surface area contributed by atoms with Crippen LogP contribution in [0.2, 0.25) is 0 Å². The minimum Gasteiger partial charge on any atom is -0.455 e. The molecule has 0 amide bonds. The molecular weight excluding hydrogens is 536 g/mol. The number of hydrogen-bond donors (Lipinski definition) is 1. The van der Waals surface area contributed by atoms with Crippen LogP contribution in [0.3, 0.4) is 0 Å². The smallest absolute Gasteiger partial charge is 0.247 e. The van der Waals surface area contributed by atoms with E-state index in [2.05, 4.69) is 62.6 Å². The van der Waals surface area contributed by atoms with Crippen LogP contribution in [0.1, 0.15) is 23.1 Å². The fraction of sp³-hybridized carbons (Fsp3) is 0.107. The molecule has 1 aliphatic heterocycles. The number of ether oxygens (including phenoxy) is 1. The van der Waals surface area contributed by atoms with E-state index in [1.807, 2.05) is 60.7 Å². The molecule has 0 aliphatic carbocycles. The lowest BCUT2D eigenvalue weighted by atomic mass is 10.1. The van der Waals surface area contributed by atoms with E-state index in [9.17, 15) is 0 Å². The first-order chi connectivity index (χ1) is 17.6. The van der Waals surface area contributed by atoms with Crippen molar-refractivity contribution in [3.05, 3.63) is 106 Å². The van der Waals surface area contributed by atoms with E-state index in [1.165, 1.54) is 22.9 Å². The van der Waals surface area contributed by atoms with Crippen molar-refractivity contribution in [2.24, 2.45) is 0 Å². The summed E-state index contributed by atoms with van der Waals surface area (Å²) in [5.41, 5.74) is 5.76. The van der Waals surface area contributed by atoms with Crippen molar-refractivity contribution in [2.75, 3.05) is 5.32 Å². The van der Waals surface area contributed by atoms with Crippen LogP contribution in [0.15, 0.2) is 99.0 Å². The predicted octanol–water partition coefficient (Wildman–Crippen LogP) is 7.66. The molecule has 6 nitrogen and oxygen atoms in total. The van der Waals surface area contributed by atoms with Crippen molar-refractivity contribution in [3.8, 4) is 28.5 Å². The largest absolute Gasteiger partial charge is 0.455 e. The monoisotopic (exact) mass is 556 g/mol. The zero-order valence-electron chi connectivity index (χ0n) is 19.3. The molecule has 0 bridgehead atoms. The number of nitrogens with one attached hydrogen (secondary N) is 1. The van der Waals surface area contributed by atoms with Crippen molar-refractivity contribution in [3.63, 3.8) is 0 Å². The van der Waals surface area contributed by atoms with Crippen LogP contribution >= 0.6 is 27.7 Å². The third-order valence-electron chi connectivity index (χ3n) is 5.82. The molecule has 5 aromatic rings. The van der Waals surface area contributed by atoms with Gasteiger partial charge in [-0.15, -0.1) is 10.2 Å². The van der Waals surface area contributed by atoms with Gasteiger partial charge in [0.1, 0.15) is 5.76 Å². The third-order valence-corrected chi connectivity index (χ3v) is 7.22. The van der Waals surface area contributed by atoms with Crippen LogP contribution in [0.5, 0.6) is 5.88 Å². The molecule has 0 saturated heterocycles. The summed E-state index contributed by atoms with van der Waals surface area (Å²) >= 11 is 5.05. The van der Waals surface area contributed by atoms with Gasteiger partial charge in [-0.3, -0.25) is 0 Å². The van der Waals surface area contributed by atoms with E-state index < -0.39 is 6.23 Å². The van der Waals surface area contributed by atoms with Gasteiger partial charge in [0.25, 0.3) is 0 Å². The molecule has 0 radical (unpaired) electrons. The summed E-state index contributed by atoms with van der Waals surface area (Å²) in [6, 6.07) is 28.2. The van der Waals surface area contributed by atoms with E-state index in [0.29, 0.717) is 22.5 Å². The quantitative estimate of drug-likeness (QED) is 0.222. The first-order valence-electron chi connectivity index (χ1n) is 11.4. The molecule has 1 N–H and O–H groups in total.